The smallest absolute Gasteiger partial charge is 0.303 e. The number of nitrogens with zero attached hydrogens (tertiary/aromatic N) is 1. The van der Waals surface area contributed by atoms with E-state index in [1.807, 2.05) is 17.0 Å². The molecule has 2 heterocycles. The van der Waals surface area contributed by atoms with Crippen LogP contribution in [-0.4, -0.2) is 40.2 Å². The van der Waals surface area contributed by atoms with Gasteiger partial charge in [-0.3, -0.25) is 9.59 Å². The molecule has 2 atom stereocenters. The molecule has 1 fully saturated rings. The largest absolute Gasteiger partial charge is 0.481 e. The van der Waals surface area contributed by atoms with E-state index in [0.717, 1.165) is 12.8 Å². The Morgan fingerprint density at radius 3 is 2.90 bits per heavy atom. The van der Waals surface area contributed by atoms with Crippen LogP contribution >= 0.6 is 11.8 Å². The first-order valence-electron chi connectivity index (χ1n) is 6.88. The van der Waals surface area contributed by atoms with Crippen LogP contribution < -0.4 is 0 Å². The van der Waals surface area contributed by atoms with Crippen molar-refractivity contribution in [1.82, 2.24) is 4.90 Å². The Morgan fingerprint density at radius 2 is 2.15 bits per heavy atom. The zero-order chi connectivity index (χ0) is 14.1. The zero-order valence-electron chi connectivity index (χ0n) is 11.1. The third-order valence-corrected chi connectivity index (χ3v) is 5.29. The van der Waals surface area contributed by atoms with Crippen molar-refractivity contribution in [3.63, 3.8) is 0 Å². The van der Waals surface area contributed by atoms with Gasteiger partial charge in [0.25, 0.3) is 0 Å². The lowest BCUT2D eigenvalue weighted by Gasteiger charge is -2.19. The van der Waals surface area contributed by atoms with E-state index < -0.39 is 5.97 Å². The lowest BCUT2D eigenvalue weighted by molar-refractivity contribution is -0.138. The van der Waals surface area contributed by atoms with Crippen molar-refractivity contribution < 1.29 is 14.7 Å². The Bertz CT molecular complexity index is 521. The minimum absolute atomic E-state index is 0.0315. The minimum Gasteiger partial charge on any atom is -0.481 e. The molecule has 2 aliphatic heterocycles. The summed E-state index contributed by atoms with van der Waals surface area (Å²) in [5, 5.41) is 8.79. The van der Waals surface area contributed by atoms with E-state index >= 15 is 0 Å². The van der Waals surface area contributed by atoms with Crippen molar-refractivity contribution in [3.8, 4) is 0 Å². The molecule has 1 saturated heterocycles. The molecule has 106 valence electrons. The second-order valence-electron chi connectivity index (χ2n) is 5.46. The number of rotatable bonds is 3. The van der Waals surface area contributed by atoms with Crippen LogP contribution in [0.4, 0.5) is 0 Å². The fourth-order valence-corrected chi connectivity index (χ4v) is 4.25. The van der Waals surface area contributed by atoms with Crippen LogP contribution in [0.25, 0.3) is 0 Å². The summed E-state index contributed by atoms with van der Waals surface area (Å²) >= 11 is 1.64. The Morgan fingerprint density at radius 1 is 1.35 bits per heavy atom. The number of carbonyl (C=O) groups excluding carboxylic acids is 1. The predicted molar refractivity (Wildman–Crippen MR) is 76.7 cm³/mol. The van der Waals surface area contributed by atoms with E-state index in [2.05, 4.69) is 12.1 Å². The molecule has 2 aliphatic rings. The second kappa shape index (κ2) is 5.48. The SMILES string of the molecule is O=C(O)CC1CCN(C(=O)C2Cc3ccccc3S2)C1. The molecular weight excluding hydrogens is 274 g/mol. The summed E-state index contributed by atoms with van der Waals surface area (Å²) in [5.74, 6) is -0.490. The second-order valence-corrected chi connectivity index (χ2v) is 6.70. The van der Waals surface area contributed by atoms with Gasteiger partial charge >= 0.3 is 5.97 Å². The van der Waals surface area contributed by atoms with Gasteiger partial charge in [0.1, 0.15) is 0 Å². The molecule has 5 heteroatoms. The van der Waals surface area contributed by atoms with Crippen molar-refractivity contribution in [2.24, 2.45) is 5.92 Å². The summed E-state index contributed by atoms with van der Waals surface area (Å²) in [6.45, 7) is 1.29. The summed E-state index contributed by atoms with van der Waals surface area (Å²) in [4.78, 5) is 26.3. The number of amides is 1. The highest BCUT2D eigenvalue weighted by molar-refractivity contribution is 8.01. The molecule has 0 spiro atoms. The third-order valence-electron chi connectivity index (χ3n) is 3.98. The van der Waals surface area contributed by atoms with Crippen LogP contribution in [0.5, 0.6) is 0 Å². The Balaban J connectivity index is 1.60. The molecule has 1 aromatic rings. The van der Waals surface area contributed by atoms with E-state index in [0.29, 0.717) is 13.1 Å². The number of hydrogen-bond donors (Lipinski definition) is 1. The Kier molecular flexibility index (Phi) is 3.70. The topological polar surface area (TPSA) is 57.6 Å². The van der Waals surface area contributed by atoms with E-state index in [-0.39, 0.29) is 23.5 Å². The minimum atomic E-state index is -0.771. The van der Waals surface area contributed by atoms with Gasteiger partial charge in [-0.1, -0.05) is 18.2 Å². The van der Waals surface area contributed by atoms with Crippen molar-refractivity contribution in [3.05, 3.63) is 29.8 Å². The summed E-state index contributed by atoms with van der Waals surface area (Å²) in [5.41, 5.74) is 1.25. The van der Waals surface area contributed by atoms with Crippen LogP contribution in [-0.2, 0) is 16.0 Å². The van der Waals surface area contributed by atoms with E-state index in [1.165, 1.54) is 10.5 Å². The van der Waals surface area contributed by atoms with Gasteiger partial charge in [-0.15, -0.1) is 11.8 Å². The van der Waals surface area contributed by atoms with Crippen molar-refractivity contribution in [2.75, 3.05) is 13.1 Å². The van der Waals surface area contributed by atoms with Gasteiger partial charge in [-0.2, -0.15) is 0 Å². The maximum atomic E-state index is 12.5. The van der Waals surface area contributed by atoms with Gasteiger partial charge in [0, 0.05) is 24.4 Å². The maximum Gasteiger partial charge on any atom is 0.303 e. The number of carboxylic acids is 1. The number of benzene rings is 1. The zero-order valence-corrected chi connectivity index (χ0v) is 11.9. The fraction of sp³-hybridized carbons (Fsp3) is 0.467. The highest BCUT2D eigenvalue weighted by Crippen LogP contribution is 2.38. The summed E-state index contributed by atoms with van der Waals surface area (Å²) in [6.07, 6.45) is 1.77. The Hall–Kier alpha value is -1.49. The molecule has 1 amide bonds. The standard InChI is InChI=1S/C15H17NO3S/c17-14(18)7-10-5-6-16(9-10)15(19)13-8-11-3-1-2-4-12(11)20-13/h1-4,10,13H,5-9H2,(H,17,18). The van der Waals surface area contributed by atoms with Crippen LogP contribution in [0.3, 0.4) is 0 Å². The molecule has 0 bridgehead atoms. The average molecular weight is 291 g/mol. The maximum absolute atomic E-state index is 12.5. The number of hydrogen-bond acceptors (Lipinski definition) is 3. The molecule has 1 N–H and O–H groups in total. The first kappa shape index (κ1) is 13.5. The lowest BCUT2D eigenvalue weighted by Crippen LogP contribution is -2.36. The summed E-state index contributed by atoms with van der Waals surface area (Å²) < 4.78 is 0. The van der Waals surface area contributed by atoms with Crippen LogP contribution in [0.1, 0.15) is 18.4 Å². The number of fused-ring (bicyclic) bond motifs is 1. The first-order valence-corrected chi connectivity index (χ1v) is 7.76. The van der Waals surface area contributed by atoms with E-state index in [4.69, 9.17) is 5.11 Å². The summed E-state index contributed by atoms with van der Waals surface area (Å²) in [7, 11) is 0. The van der Waals surface area contributed by atoms with Crippen molar-refractivity contribution in [1.29, 1.82) is 0 Å². The molecule has 2 unspecified atom stereocenters. The van der Waals surface area contributed by atoms with Gasteiger partial charge in [0.15, 0.2) is 0 Å². The lowest BCUT2D eigenvalue weighted by atomic mass is 10.1. The first-order chi connectivity index (χ1) is 9.63. The third kappa shape index (κ3) is 2.68. The molecule has 1 aromatic carbocycles. The number of aliphatic carboxylic acids is 1. The van der Waals surface area contributed by atoms with Gasteiger partial charge in [-0.25, -0.2) is 0 Å². The Labute approximate surface area is 122 Å². The molecule has 0 saturated carbocycles. The number of thioether (sulfide) groups is 1. The van der Waals surface area contributed by atoms with Crippen molar-refractivity contribution >= 4 is 23.6 Å². The van der Waals surface area contributed by atoms with Gasteiger partial charge in [-0.05, 0) is 30.4 Å². The highest BCUT2D eigenvalue weighted by Gasteiger charge is 2.35. The van der Waals surface area contributed by atoms with Crippen LogP contribution in [0.2, 0.25) is 0 Å². The monoisotopic (exact) mass is 291 g/mol. The average Bonchev–Trinajstić information content (AvgIpc) is 3.03. The van der Waals surface area contributed by atoms with Gasteiger partial charge in [0.05, 0.1) is 5.25 Å². The van der Waals surface area contributed by atoms with Gasteiger partial charge in [0.2, 0.25) is 5.91 Å². The van der Waals surface area contributed by atoms with Crippen LogP contribution in [0.15, 0.2) is 29.2 Å². The predicted octanol–water partition coefficient (Wildman–Crippen LogP) is 2.03. The van der Waals surface area contributed by atoms with Crippen molar-refractivity contribution in [2.45, 2.75) is 29.4 Å². The highest BCUT2D eigenvalue weighted by atomic mass is 32.2. The fourth-order valence-electron chi connectivity index (χ4n) is 2.97. The molecular formula is C15H17NO3S. The van der Waals surface area contributed by atoms with E-state index in [1.54, 1.807) is 11.8 Å². The van der Waals surface area contributed by atoms with Crippen LogP contribution in [0, 0.1) is 5.92 Å². The number of likely N-dealkylation sites (tertiary alicyclic amines) is 1. The number of carbonyl (C=O) groups is 2. The van der Waals surface area contributed by atoms with Gasteiger partial charge < -0.3 is 10.0 Å². The quantitative estimate of drug-likeness (QED) is 0.925. The molecule has 20 heavy (non-hydrogen) atoms. The molecule has 0 radical (unpaired) electrons. The normalized spacial score (nSPS) is 24.7. The molecule has 0 aromatic heterocycles. The molecule has 3 rings (SSSR count). The molecule has 4 nitrogen and oxygen atoms in total. The van der Waals surface area contributed by atoms with E-state index in [9.17, 15) is 9.59 Å². The summed E-state index contributed by atoms with van der Waals surface area (Å²) in [6, 6.07) is 8.14. The molecule has 0 aliphatic carbocycles. The number of carboxylic acid groups (broad SMARTS) is 1.